The van der Waals surface area contributed by atoms with Crippen molar-refractivity contribution < 1.29 is 4.79 Å². The van der Waals surface area contributed by atoms with Crippen LogP contribution in [0.4, 0.5) is 5.69 Å². The summed E-state index contributed by atoms with van der Waals surface area (Å²) in [5.74, 6) is 0.622. The molecular formula is C24H21ClN6OS. The quantitative estimate of drug-likeness (QED) is 0.206. The van der Waals surface area contributed by atoms with Crippen molar-refractivity contribution in [1.29, 1.82) is 0 Å². The number of hydrogen-bond donors (Lipinski definition) is 2. The Kier molecular flexibility index (Phi) is 7.73. The maximum atomic E-state index is 12.3. The van der Waals surface area contributed by atoms with E-state index < -0.39 is 0 Å². The van der Waals surface area contributed by atoms with Gasteiger partial charge in [0, 0.05) is 22.0 Å². The monoisotopic (exact) mass is 476 g/mol. The van der Waals surface area contributed by atoms with E-state index in [2.05, 4.69) is 26.0 Å². The molecular weight excluding hydrogens is 456 g/mol. The lowest BCUT2D eigenvalue weighted by molar-refractivity contribution is -0.118. The first-order valence-corrected chi connectivity index (χ1v) is 11.5. The van der Waals surface area contributed by atoms with Crippen molar-refractivity contribution in [2.24, 2.45) is 5.10 Å². The predicted molar refractivity (Wildman–Crippen MR) is 133 cm³/mol. The van der Waals surface area contributed by atoms with Gasteiger partial charge in [0.05, 0.1) is 18.5 Å². The number of hydrazone groups is 1. The van der Waals surface area contributed by atoms with Crippen molar-refractivity contribution in [1.82, 2.24) is 20.2 Å². The average molecular weight is 477 g/mol. The Hall–Kier alpha value is -3.62. The molecule has 7 nitrogen and oxygen atoms in total. The van der Waals surface area contributed by atoms with Gasteiger partial charge in [0.2, 0.25) is 0 Å². The topological polar surface area (TPSA) is 84.2 Å². The van der Waals surface area contributed by atoms with Crippen LogP contribution in [0, 0.1) is 0 Å². The first-order valence-electron chi connectivity index (χ1n) is 10.2. The molecule has 166 valence electrons. The van der Waals surface area contributed by atoms with Gasteiger partial charge < -0.3 is 5.32 Å². The number of nitrogens with zero attached hydrogens (tertiary/aromatic N) is 4. The summed E-state index contributed by atoms with van der Waals surface area (Å²) in [7, 11) is 0. The largest absolute Gasteiger partial charge is 0.378 e. The summed E-state index contributed by atoms with van der Waals surface area (Å²) in [4.78, 5) is 12.3. The van der Waals surface area contributed by atoms with Gasteiger partial charge in [0.1, 0.15) is 0 Å². The van der Waals surface area contributed by atoms with Gasteiger partial charge in [-0.05, 0) is 30.3 Å². The van der Waals surface area contributed by atoms with E-state index in [1.165, 1.54) is 18.0 Å². The average Bonchev–Trinajstić information content (AvgIpc) is 3.26. The Morgan fingerprint density at radius 3 is 2.42 bits per heavy atom. The number of halogens is 1. The van der Waals surface area contributed by atoms with Gasteiger partial charge in [-0.1, -0.05) is 78.0 Å². The Morgan fingerprint density at radius 1 is 0.970 bits per heavy atom. The Labute approximate surface area is 200 Å². The van der Waals surface area contributed by atoms with Crippen LogP contribution in [-0.4, -0.2) is 32.6 Å². The van der Waals surface area contributed by atoms with Crippen molar-refractivity contribution in [3.05, 3.63) is 101 Å². The van der Waals surface area contributed by atoms with Crippen LogP contribution in [0.5, 0.6) is 0 Å². The van der Waals surface area contributed by atoms with Crippen molar-refractivity contribution >= 4 is 41.2 Å². The van der Waals surface area contributed by atoms with E-state index in [0.29, 0.717) is 16.7 Å². The van der Waals surface area contributed by atoms with Crippen LogP contribution in [-0.2, 0) is 11.3 Å². The zero-order chi connectivity index (χ0) is 22.9. The predicted octanol–water partition coefficient (Wildman–Crippen LogP) is 4.78. The standard InChI is InChI=1S/C24H21ClN6OS/c25-21-14-8-7-9-18(21)15-27-29-23(32)17-33-24-30-28-22(16-26-19-10-3-1-4-11-19)31(24)20-12-5-2-6-13-20/h1-15,26H,16-17H2,(H,29,32)/b27-15+. The summed E-state index contributed by atoms with van der Waals surface area (Å²) in [5.41, 5.74) is 5.16. The van der Waals surface area contributed by atoms with E-state index in [4.69, 9.17) is 11.6 Å². The van der Waals surface area contributed by atoms with Gasteiger partial charge in [0.15, 0.2) is 11.0 Å². The number of carbonyl (C=O) groups excluding carboxylic acids is 1. The number of rotatable bonds is 9. The minimum absolute atomic E-state index is 0.136. The van der Waals surface area contributed by atoms with Crippen molar-refractivity contribution in [2.45, 2.75) is 11.7 Å². The SMILES string of the molecule is O=C(CSc1nnc(CNc2ccccc2)n1-c1ccccc1)N/N=C/c1ccccc1Cl. The first kappa shape index (κ1) is 22.6. The van der Waals surface area contributed by atoms with Crippen LogP contribution in [0.15, 0.2) is 95.2 Å². The Bertz CT molecular complexity index is 1230. The summed E-state index contributed by atoms with van der Waals surface area (Å²) in [6, 6.07) is 27.0. The minimum atomic E-state index is -0.255. The van der Waals surface area contributed by atoms with Crippen LogP contribution in [0.2, 0.25) is 5.02 Å². The first-order chi connectivity index (χ1) is 16.2. The molecule has 33 heavy (non-hydrogen) atoms. The molecule has 1 heterocycles. The molecule has 0 saturated carbocycles. The van der Waals surface area contributed by atoms with E-state index in [-0.39, 0.29) is 11.7 Å². The van der Waals surface area contributed by atoms with Crippen LogP contribution in [0.25, 0.3) is 5.69 Å². The number of para-hydroxylation sites is 2. The number of aromatic nitrogens is 3. The van der Waals surface area contributed by atoms with Crippen molar-refractivity contribution in [3.63, 3.8) is 0 Å². The molecule has 1 amide bonds. The molecule has 0 aliphatic rings. The fourth-order valence-electron chi connectivity index (χ4n) is 3.00. The number of nitrogens with one attached hydrogen (secondary N) is 2. The molecule has 3 aromatic carbocycles. The highest BCUT2D eigenvalue weighted by Gasteiger charge is 2.15. The fourth-order valence-corrected chi connectivity index (χ4v) is 3.95. The molecule has 0 bridgehead atoms. The van der Waals surface area contributed by atoms with Gasteiger partial charge in [-0.3, -0.25) is 9.36 Å². The molecule has 2 N–H and O–H groups in total. The van der Waals surface area contributed by atoms with Crippen molar-refractivity contribution in [2.75, 3.05) is 11.1 Å². The summed E-state index contributed by atoms with van der Waals surface area (Å²) in [5, 5.41) is 17.2. The molecule has 0 unspecified atom stereocenters. The highest BCUT2D eigenvalue weighted by atomic mass is 35.5. The second-order valence-electron chi connectivity index (χ2n) is 6.89. The second kappa shape index (κ2) is 11.3. The molecule has 4 aromatic rings. The molecule has 1 aromatic heterocycles. The van der Waals surface area contributed by atoms with Gasteiger partial charge in [0.25, 0.3) is 5.91 Å². The second-order valence-corrected chi connectivity index (χ2v) is 8.24. The number of thioether (sulfide) groups is 1. The third-order valence-electron chi connectivity index (χ3n) is 4.57. The van der Waals surface area contributed by atoms with Gasteiger partial charge in [-0.15, -0.1) is 10.2 Å². The van der Waals surface area contributed by atoms with Crippen LogP contribution >= 0.6 is 23.4 Å². The third kappa shape index (κ3) is 6.21. The van der Waals surface area contributed by atoms with E-state index in [1.807, 2.05) is 83.4 Å². The van der Waals surface area contributed by atoms with Gasteiger partial charge >= 0.3 is 0 Å². The summed E-state index contributed by atoms with van der Waals surface area (Å²) < 4.78 is 1.95. The van der Waals surface area contributed by atoms with Gasteiger partial charge in [-0.25, -0.2) is 5.43 Å². The molecule has 0 radical (unpaired) electrons. The zero-order valence-corrected chi connectivity index (χ0v) is 19.1. The maximum Gasteiger partial charge on any atom is 0.250 e. The highest BCUT2D eigenvalue weighted by Crippen LogP contribution is 2.22. The lowest BCUT2D eigenvalue weighted by Crippen LogP contribution is -2.20. The normalized spacial score (nSPS) is 10.9. The maximum absolute atomic E-state index is 12.3. The Morgan fingerprint density at radius 2 is 1.67 bits per heavy atom. The Balaban J connectivity index is 1.43. The van der Waals surface area contributed by atoms with E-state index in [9.17, 15) is 4.79 Å². The molecule has 4 rings (SSSR count). The lowest BCUT2D eigenvalue weighted by atomic mass is 10.2. The fraction of sp³-hybridized carbons (Fsp3) is 0.0833. The number of anilines is 1. The lowest BCUT2D eigenvalue weighted by Gasteiger charge is -2.11. The molecule has 0 spiro atoms. The summed E-state index contributed by atoms with van der Waals surface area (Å²) in [6.45, 7) is 0.487. The van der Waals surface area contributed by atoms with Crippen LogP contribution in [0.3, 0.4) is 0 Å². The van der Waals surface area contributed by atoms with E-state index in [1.54, 1.807) is 6.07 Å². The number of carbonyl (C=O) groups is 1. The molecule has 0 aliphatic carbocycles. The minimum Gasteiger partial charge on any atom is -0.378 e. The third-order valence-corrected chi connectivity index (χ3v) is 5.84. The van der Waals surface area contributed by atoms with Crippen LogP contribution in [0.1, 0.15) is 11.4 Å². The van der Waals surface area contributed by atoms with Crippen LogP contribution < -0.4 is 10.7 Å². The van der Waals surface area contributed by atoms with E-state index in [0.717, 1.165) is 22.8 Å². The molecule has 0 saturated heterocycles. The smallest absolute Gasteiger partial charge is 0.250 e. The number of amides is 1. The van der Waals surface area contributed by atoms with E-state index >= 15 is 0 Å². The molecule has 9 heteroatoms. The molecule has 0 fully saturated rings. The molecule has 0 aliphatic heterocycles. The number of hydrogen-bond acceptors (Lipinski definition) is 6. The zero-order valence-electron chi connectivity index (χ0n) is 17.6. The highest BCUT2D eigenvalue weighted by molar-refractivity contribution is 7.99. The summed E-state index contributed by atoms with van der Waals surface area (Å²) in [6.07, 6.45) is 1.52. The summed E-state index contributed by atoms with van der Waals surface area (Å²) >= 11 is 7.38. The number of benzene rings is 3. The van der Waals surface area contributed by atoms with Gasteiger partial charge in [-0.2, -0.15) is 5.10 Å². The molecule has 0 atom stereocenters. The van der Waals surface area contributed by atoms with Crippen molar-refractivity contribution in [3.8, 4) is 5.69 Å².